The quantitative estimate of drug-likeness (QED) is 0.704. The number of benzene rings is 2. The van der Waals surface area contributed by atoms with Crippen LogP contribution in [0.4, 0.5) is 4.39 Å². The lowest BCUT2D eigenvalue weighted by molar-refractivity contribution is 0.141. The fourth-order valence-corrected chi connectivity index (χ4v) is 5.09. The van der Waals surface area contributed by atoms with Crippen molar-refractivity contribution in [3.8, 4) is 0 Å². The Morgan fingerprint density at radius 2 is 1.69 bits per heavy atom. The van der Waals surface area contributed by atoms with Crippen LogP contribution in [0.25, 0.3) is 10.9 Å². The zero-order valence-electron chi connectivity index (χ0n) is 15.9. The molecule has 3 aromatic rings. The van der Waals surface area contributed by atoms with Crippen molar-refractivity contribution in [1.82, 2.24) is 19.2 Å². The number of fused-ring (bicyclic) bond motifs is 1. The van der Waals surface area contributed by atoms with Crippen molar-refractivity contribution >= 4 is 20.9 Å². The highest BCUT2D eigenvalue weighted by Crippen LogP contribution is 2.24. The maximum atomic E-state index is 14.0. The van der Waals surface area contributed by atoms with Crippen molar-refractivity contribution in [3.63, 3.8) is 0 Å². The molecule has 0 radical (unpaired) electrons. The molecule has 1 fully saturated rings. The van der Waals surface area contributed by atoms with Gasteiger partial charge in [-0.2, -0.15) is 4.31 Å². The summed E-state index contributed by atoms with van der Waals surface area (Å²) in [4.78, 5) is 21.5. The van der Waals surface area contributed by atoms with Gasteiger partial charge in [0.2, 0.25) is 10.0 Å². The van der Waals surface area contributed by atoms with Crippen LogP contribution in [-0.2, 0) is 10.0 Å². The number of hydrogen-bond acceptors (Lipinski definition) is 5. The highest BCUT2D eigenvalue weighted by Gasteiger charge is 2.32. The summed E-state index contributed by atoms with van der Waals surface area (Å²) in [7, 11) is -3.88. The molecule has 0 unspecified atom stereocenters. The fraction of sp³-hybridized carbons (Fsp3) is 0.300. The first kappa shape index (κ1) is 19.7. The number of para-hydroxylation sites is 1. The van der Waals surface area contributed by atoms with Gasteiger partial charge in [-0.25, -0.2) is 17.8 Å². The normalized spacial score (nSPS) is 17.4. The van der Waals surface area contributed by atoms with Crippen LogP contribution in [0.3, 0.4) is 0 Å². The minimum absolute atomic E-state index is 0.189. The van der Waals surface area contributed by atoms with Gasteiger partial charge in [-0.1, -0.05) is 24.3 Å². The van der Waals surface area contributed by atoms with E-state index in [9.17, 15) is 17.6 Å². The van der Waals surface area contributed by atoms with Crippen molar-refractivity contribution in [1.29, 1.82) is 0 Å². The Labute approximate surface area is 167 Å². The largest absolute Gasteiger partial charge is 0.309 e. The van der Waals surface area contributed by atoms with Gasteiger partial charge in [-0.3, -0.25) is 9.69 Å². The van der Waals surface area contributed by atoms with Crippen molar-refractivity contribution in [3.05, 3.63) is 70.5 Å². The van der Waals surface area contributed by atoms with Gasteiger partial charge in [-0.05, 0) is 31.2 Å². The number of H-pyrrole nitrogens is 1. The molecule has 1 aliphatic heterocycles. The molecule has 1 aliphatic rings. The SMILES string of the molecule is C[C@@H](c1nc2ccccc2c(=O)[nH]1)N1CCN(S(=O)(=O)c2ccccc2F)CC1. The molecule has 0 aliphatic carbocycles. The topological polar surface area (TPSA) is 86.4 Å². The summed E-state index contributed by atoms with van der Waals surface area (Å²) in [6.07, 6.45) is 0. The zero-order chi connectivity index (χ0) is 20.6. The number of sulfonamides is 1. The number of halogens is 1. The van der Waals surface area contributed by atoms with Crippen LogP contribution in [0.1, 0.15) is 18.8 Å². The van der Waals surface area contributed by atoms with Gasteiger partial charge in [0, 0.05) is 26.2 Å². The van der Waals surface area contributed by atoms with Gasteiger partial charge in [0.1, 0.15) is 16.5 Å². The number of aromatic nitrogens is 2. The third kappa shape index (κ3) is 3.68. The standard InChI is InChI=1S/C20H21FN4O3S/c1-14(19-22-17-8-4-2-6-15(17)20(26)23-19)24-10-12-25(13-11-24)29(27,28)18-9-5-3-7-16(18)21/h2-9,14H,10-13H2,1H3,(H,22,23,26)/t14-/m0/s1. The molecule has 1 aromatic heterocycles. The second-order valence-electron chi connectivity index (χ2n) is 7.01. The van der Waals surface area contributed by atoms with Crippen LogP contribution in [0, 0.1) is 5.82 Å². The first-order valence-corrected chi connectivity index (χ1v) is 10.8. The van der Waals surface area contributed by atoms with E-state index >= 15 is 0 Å². The smallest absolute Gasteiger partial charge is 0.258 e. The molecule has 9 heteroatoms. The molecule has 0 amide bonds. The van der Waals surface area contributed by atoms with Crippen molar-refractivity contribution in [2.75, 3.05) is 26.2 Å². The number of hydrogen-bond donors (Lipinski definition) is 1. The van der Waals surface area contributed by atoms with Crippen LogP contribution >= 0.6 is 0 Å². The van der Waals surface area contributed by atoms with Gasteiger partial charge in [0.15, 0.2) is 0 Å². The highest BCUT2D eigenvalue weighted by molar-refractivity contribution is 7.89. The van der Waals surface area contributed by atoms with E-state index in [0.29, 0.717) is 29.8 Å². The molecular weight excluding hydrogens is 395 g/mol. The van der Waals surface area contributed by atoms with Gasteiger partial charge < -0.3 is 4.98 Å². The Morgan fingerprint density at radius 3 is 2.41 bits per heavy atom. The second kappa shape index (κ2) is 7.66. The lowest BCUT2D eigenvalue weighted by Crippen LogP contribution is -2.49. The van der Waals surface area contributed by atoms with E-state index in [2.05, 4.69) is 14.9 Å². The van der Waals surface area contributed by atoms with Gasteiger partial charge in [0.05, 0.1) is 16.9 Å². The molecule has 29 heavy (non-hydrogen) atoms. The molecule has 152 valence electrons. The predicted octanol–water partition coefficient (Wildman–Crippen LogP) is 2.13. The maximum absolute atomic E-state index is 14.0. The van der Waals surface area contributed by atoms with Crippen LogP contribution in [-0.4, -0.2) is 53.8 Å². The Bertz CT molecular complexity index is 1200. The van der Waals surface area contributed by atoms with E-state index in [1.54, 1.807) is 18.2 Å². The minimum Gasteiger partial charge on any atom is -0.309 e. The zero-order valence-corrected chi connectivity index (χ0v) is 16.7. The summed E-state index contributed by atoms with van der Waals surface area (Å²) >= 11 is 0. The number of rotatable bonds is 4. The fourth-order valence-electron chi connectivity index (χ4n) is 3.60. The number of piperazine rings is 1. The molecule has 1 N–H and O–H groups in total. The summed E-state index contributed by atoms with van der Waals surface area (Å²) in [5.41, 5.74) is 0.428. The third-order valence-electron chi connectivity index (χ3n) is 5.30. The van der Waals surface area contributed by atoms with Gasteiger partial charge in [0.25, 0.3) is 5.56 Å². The van der Waals surface area contributed by atoms with Gasteiger partial charge in [-0.15, -0.1) is 0 Å². The summed E-state index contributed by atoms with van der Waals surface area (Å²) in [6, 6.07) is 12.3. The molecule has 7 nitrogen and oxygen atoms in total. The van der Waals surface area contributed by atoms with Crippen LogP contribution in [0.5, 0.6) is 0 Å². The van der Waals surface area contributed by atoms with Gasteiger partial charge >= 0.3 is 0 Å². The Hall–Kier alpha value is -2.62. The predicted molar refractivity (Wildman–Crippen MR) is 108 cm³/mol. The van der Waals surface area contributed by atoms with E-state index in [-0.39, 0.29) is 29.6 Å². The lowest BCUT2D eigenvalue weighted by atomic mass is 10.2. The van der Waals surface area contributed by atoms with Crippen LogP contribution in [0.15, 0.2) is 58.2 Å². The van der Waals surface area contributed by atoms with Crippen molar-refractivity contribution < 1.29 is 12.8 Å². The Kier molecular flexibility index (Phi) is 5.20. The average Bonchev–Trinajstić information content (AvgIpc) is 2.73. The molecule has 2 aromatic carbocycles. The van der Waals surface area contributed by atoms with Crippen molar-refractivity contribution in [2.24, 2.45) is 0 Å². The summed E-state index contributed by atoms with van der Waals surface area (Å²) in [5.74, 6) is -0.208. The molecule has 1 atom stereocenters. The summed E-state index contributed by atoms with van der Waals surface area (Å²) in [5, 5.41) is 0.532. The number of aromatic amines is 1. The molecule has 4 rings (SSSR count). The van der Waals surface area contributed by atoms with E-state index < -0.39 is 15.8 Å². The lowest BCUT2D eigenvalue weighted by Gasteiger charge is -2.37. The van der Waals surface area contributed by atoms with Crippen LogP contribution in [0.2, 0.25) is 0 Å². The Balaban J connectivity index is 1.51. The molecule has 1 saturated heterocycles. The highest BCUT2D eigenvalue weighted by atomic mass is 32.2. The summed E-state index contributed by atoms with van der Waals surface area (Å²) < 4.78 is 40.8. The number of nitrogens with one attached hydrogen (secondary N) is 1. The summed E-state index contributed by atoms with van der Waals surface area (Å²) in [6.45, 7) is 3.29. The first-order chi connectivity index (χ1) is 13.9. The minimum atomic E-state index is -3.88. The molecule has 0 saturated carbocycles. The van der Waals surface area contributed by atoms with E-state index in [1.807, 2.05) is 13.0 Å². The second-order valence-corrected chi connectivity index (χ2v) is 8.92. The van der Waals surface area contributed by atoms with Crippen molar-refractivity contribution in [2.45, 2.75) is 17.9 Å². The molecule has 0 spiro atoms. The monoisotopic (exact) mass is 416 g/mol. The first-order valence-electron chi connectivity index (χ1n) is 9.35. The molecule has 2 heterocycles. The number of nitrogens with zero attached hydrogens (tertiary/aromatic N) is 3. The maximum Gasteiger partial charge on any atom is 0.258 e. The van der Waals surface area contributed by atoms with E-state index in [1.165, 1.54) is 22.5 Å². The third-order valence-corrected chi connectivity index (χ3v) is 7.23. The Morgan fingerprint density at radius 1 is 1.03 bits per heavy atom. The average molecular weight is 416 g/mol. The van der Waals surface area contributed by atoms with E-state index in [0.717, 1.165) is 6.07 Å². The van der Waals surface area contributed by atoms with Crippen LogP contribution < -0.4 is 5.56 Å². The molecule has 0 bridgehead atoms. The molecular formula is C20H21FN4O3S. The van der Waals surface area contributed by atoms with E-state index in [4.69, 9.17) is 0 Å².